The topological polar surface area (TPSA) is 44.0 Å². The van der Waals surface area contributed by atoms with Crippen LogP contribution in [-0.2, 0) is 6.42 Å². The quantitative estimate of drug-likeness (QED) is 0.346. The molecule has 0 N–H and O–H groups in total. The predicted octanol–water partition coefficient (Wildman–Crippen LogP) is 6.37. The van der Waals surface area contributed by atoms with Gasteiger partial charge in [-0.2, -0.15) is 0 Å². The summed E-state index contributed by atoms with van der Waals surface area (Å²) in [5.41, 5.74) is 4.25. The SMILES string of the molecule is C=CC(=O)n1ccc2cc(C(C)C/C=C\C(=O)n3ccc4c(CC)cccc43)ccc21. The second kappa shape index (κ2) is 8.60. The minimum Gasteiger partial charge on any atom is -0.284 e. The molecule has 0 spiro atoms. The number of fused-ring (bicyclic) bond motifs is 2. The van der Waals surface area contributed by atoms with Gasteiger partial charge in [-0.25, -0.2) is 0 Å². The minimum atomic E-state index is -0.138. The number of aryl methyl sites for hydroxylation is 1. The molecule has 0 amide bonds. The second-order valence-electron chi connectivity index (χ2n) is 7.81. The van der Waals surface area contributed by atoms with Gasteiger partial charge in [0.1, 0.15) is 0 Å². The monoisotopic (exact) mass is 410 g/mol. The standard InChI is InChI=1S/C27H26N2O2/c1-4-20-9-7-10-25-23(20)15-17-29(25)27(31)11-6-8-19(3)21-12-13-24-22(18-21)14-16-28(24)26(30)5-2/h5-7,9-19H,2,4,8H2,1,3H3/b11-6-. The lowest BCUT2D eigenvalue weighted by atomic mass is 9.96. The zero-order valence-electron chi connectivity index (χ0n) is 17.9. The summed E-state index contributed by atoms with van der Waals surface area (Å²) in [4.78, 5) is 24.7. The maximum atomic E-state index is 12.7. The van der Waals surface area contributed by atoms with E-state index in [9.17, 15) is 9.59 Å². The van der Waals surface area contributed by atoms with Gasteiger partial charge >= 0.3 is 0 Å². The first-order chi connectivity index (χ1) is 15.0. The highest BCUT2D eigenvalue weighted by Gasteiger charge is 2.11. The lowest BCUT2D eigenvalue weighted by Crippen LogP contribution is -2.05. The van der Waals surface area contributed by atoms with Crippen LogP contribution in [0.5, 0.6) is 0 Å². The van der Waals surface area contributed by atoms with Crippen molar-refractivity contribution in [1.29, 1.82) is 0 Å². The smallest absolute Gasteiger partial charge is 0.254 e. The van der Waals surface area contributed by atoms with Crippen molar-refractivity contribution >= 4 is 33.6 Å². The van der Waals surface area contributed by atoms with Crippen molar-refractivity contribution < 1.29 is 9.59 Å². The molecule has 2 aromatic heterocycles. The fourth-order valence-corrected chi connectivity index (χ4v) is 4.08. The van der Waals surface area contributed by atoms with Crippen LogP contribution in [0.3, 0.4) is 0 Å². The number of allylic oxidation sites excluding steroid dienone is 3. The van der Waals surface area contributed by atoms with Gasteiger partial charge in [-0.1, -0.05) is 44.7 Å². The summed E-state index contributed by atoms with van der Waals surface area (Å²) >= 11 is 0. The third-order valence-corrected chi connectivity index (χ3v) is 5.89. The molecule has 0 fully saturated rings. The van der Waals surface area contributed by atoms with Crippen molar-refractivity contribution in [3.8, 4) is 0 Å². The Morgan fingerprint density at radius 2 is 1.77 bits per heavy atom. The van der Waals surface area contributed by atoms with E-state index in [4.69, 9.17) is 0 Å². The van der Waals surface area contributed by atoms with Crippen molar-refractivity contribution in [3.05, 3.63) is 96.9 Å². The van der Waals surface area contributed by atoms with Crippen LogP contribution in [0.25, 0.3) is 21.8 Å². The van der Waals surface area contributed by atoms with Gasteiger partial charge in [-0.15, -0.1) is 0 Å². The molecule has 4 rings (SSSR count). The number of nitrogens with zero attached hydrogens (tertiary/aromatic N) is 2. The Balaban J connectivity index is 1.48. The Morgan fingerprint density at radius 3 is 2.55 bits per heavy atom. The summed E-state index contributed by atoms with van der Waals surface area (Å²) in [6.07, 6.45) is 10.2. The molecule has 1 atom stereocenters. The maximum Gasteiger partial charge on any atom is 0.254 e. The Morgan fingerprint density at radius 1 is 1.00 bits per heavy atom. The molecular weight excluding hydrogens is 384 g/mol. The maximum absolute atomic E-state index is 12.7. The molecule has 1 unspecified atom stereocenters. The third-order valence-electron chi connectivity index (χ3n) is 5.89. The predicted molar refractivity (Wildman–Crippen MR) is 127 cm³/mol. The van der Waals surface area contributed by atoms with E-state index in [1.165, 1.54) is 17.2 Å². The van der Waals surface area contributed by atoms with Gasteiger partial charge in [0, 0.05) is 23.2 Å². The van der Waals surface area contributed by atoms with Gasteiger partial charge in [-0.05, 0) is 72.4 Å². The van der Waals surface area contributed by atoms with Crippen LogP contribution in [0, 0.1) is 0 Å². The van der Waals surface area contributed by atoms with Crippen LogP contribution in [0.4, 0.5) is 0 Å². The fraction of sp³-hybridized carbons (Fsp3) is 0.185. The van der Waals surface area contributed by atoms with Crippen LogP contribution in [0.15, 0.2) is 85.7 Å². The number of carbonyl (C=O) groups is 2. The number of aromatic nitrogens is 2. The largest absolute Gasteiger partial charge is 0.284 e. The van der Waals surface area contributed by atoms with Crippen LogP contribution in [0.2, 0.25) is 0 Å². The molecule has 4 nitrogen and oxygen atoms in total. The molecule has 4 aromatic rings. The molecule has 2 heterocycles. The molecule has 0 bridgehead atoms. The van der Waals surface area contributed by atoms with Crippen LogP contribution in [-0.4, -0.2) is 20.9 Å². The van der Waals surface area contributed by atoms with E-state index in [2.05, 4.69) is 32.6 Å². The number of hydrogen-bond acceptors (Lipinski definition) is 2. The molecule has 0 radical (unpaired) electrons. The first-order valence-electron chi connectivity index (χ1n) is 10.6. The fourth-order valence-electron chi connectivity index (χ4n) is 4.08. The second-order valence-corrected chi connectivity index (χ2v) is 7.81. The number of benzene rings is 2. The summed E-state index contributed by atoms with van der Waals surface area (Å²) in [6, 6.07) is 16.2. The van der Waals surface area contributed by atoms with E-state index >= 15 is 0 Å². The zero-order chi connectivity index (χ0) is 22.0. The van der Waals surface area contributed by atoms with E-state index < -0.39 is 0 Å². The summed E-state index contributed by atoms with van der Waals surface area (Å²) in [5, 5.41) is 2.15. The Kier molecular flexibility index (Phi) is 5.72. The first kappa shape index (κ1) is 20.6. The average molecular weight is 411 g/mol. The highest BCUT2D eigenvalue weighted by molar-refractivity contribution is 5.99. The van der Waals surface area contributed by atoms with Gasteiger partial charge in [0.25, 0.3) is 11.8 Å². The van der Waals surface area contributed by atoms with Crippen molar-refractivity contribution in [2.75, 3.05) is 0 Å². The molecule has 0 saturated heterocycles. The van der Waals surface area contributed by atoms with Crippen LogP contribution in [0.1, 0.15) is 46.9 Å². The van der Waals surface area contributed by atoms with E-state index in [1.807, 2.05) is 48.7 Å². The van der Waals surface area contributed by atoms with Gasteiger partial charge < -0.3 is 0 Å². The van der Waals surface area contributed by atoms with Crippen LogP contribution >= 0.6 is 0 Å². The lowest BCUT2D eigenvalue weighted by molar-refractivity contribution is 0.0965. The molecular formula is C27H26N2O2. The molecule has 156 valence electrons. The molecule has 0 saturated carbocycles. The van der Waals surface area contributed by atoms with E-state index in [0.29, 0.717) is 0 Å². The number of carbonyl (C=O) groups excluding carboxylic acids is 2. The van der Waals surface area contributed by atoms with Gasteiger partial charge in [-0.3, -0.25) is 18.7 Å². The number of rotatable bonds is 6. The molecule has 0 aliphatic rings. The Labute approximate surface area is 182 Å². The number of hydrogen-bond donors (Lipinski definition) is 0. The Bertz CT molecular complexity index is 1320. The van der Waals surface area contributed by atoms with E-state index in [0.717, 1.165) is 34.6 Å². The average Bonchev–Trinajstić information content (AvgIpc) is 3.42. The van der Waals surface area contributed by atoms with Crippen molar-refractivity contribution in [2.24, 2.45) is 0 Å². The molecule has 31 heavy (non-hydrogen) atoms. The highest BCUT2D eigenvalue weighted by atomic mass is 16.2. The normalized spacial score (nSPS) is 12.6. The summed E-state index contributed by atoms with van der Waals surface area (Å²) in [7, 11) is 0. The molecule has 2 aromatic carbocycles. The van der Waals surface area contributed by atoms with Crippen molar-refractivity contribution in [3.63, 3.8) is 0 Å². The minimum absolute atomic E-state index is 0.0362. The van der Waals surface area contributed by atoms with E-state index in [1.54, 1.807) is 21.4 Å². The Hall–Kier alpha value is -3.66. The summed E-state index contributed by atoms with van der Waals surface area (Å²) in [6.45, 7) is 7.82. The highest BCUT2D eigenvalue weighted by Crippen LogP contribution is 2.25. The van der Waals surface area contributed by atoms with Crippen LogP contribution < -0.4 is 0 Å². The van der Waals surface area contributed by atoms with Crippen molar-refractivity contribution in [2.45, 2.75) is 32.6 Å². The lowest BCUT2D eigenvalue weighted by Gasteiger charge is -2.10. The molecule has 0 aliphatic carbocycles. The third kappa shape index (κ3) is 3.89. The van der Waals surface area contributed by atoms with Gasteiger partial charge in [0.15, 0.2) is 0 Å². The van der Waals surface area contributed by atoms with Gasteiger partial charge in [0.2, 0.25) is 0 Å². The summed E-state index contributed by atoms with van der Waals surface area (Å²) < 4.78 is 3.31. The zero-order valence-corrected chi connectivity index (χ0v) is 17.9. The molecule has 0 aliphatic heterocycles. The van der Waals surface area contributed by atoms with Crippen molar-refractivity contribution in [1.82, 2.24) is 9.13 Å². The first-order valence-corrected chi connectivity index (χ1v) is 10.6. The van der Waals surface area contributed by atoms with E-state index in [-0.39, 0.29) is 17.7 Å². The summed E-state index contributed by atoms with van der Waals surface area (Å²) in [5.74, 6) is 0.0757. The van der Waals surface area contributed by atoms with Gasteiger partial charge in [0.05, 0.1) is 11.0 Å². The molecule has 4 heteroatoms.